The molecular formula is C20H33ClN2O2. The van der Waals surface area contributed by atoms with Gasteiger partial charge in [0.05, 0.1) is 18.8 Å². The van der Waals surface area contributed by atoms with Crippen LogP contribution in [0.15, 0.2) is 24.3 Å². The Balaban J connectivity index is 1.51. The van der Waals surface area contributed by atoms with Crippen molar-refractivity contribution in [3.63, 3.8) is 0 Å². The number of aliphatic hydroxyl groups is 1. The molecule has 0 unspecified atom stereocenters. The molecule has 1 aromatic rings. The first-order valence-electron chi connectivity index (χ1n) is 9.63. The summed E-state index contributed by atoms with van der Waals surface area (Å²) in [5.74, 6) is 0. The molecular weight excluding hydrogens is 336 g/mol. The van der Waals surface area contributed by atoms with Gasteiger partial charge in [0.25, 0.3) is 0 Å². The average molecular weight is 369 g/mol. The van der Waals surface area contributed by atoms with Crippen molar-refractivity contribution in [1.82, 2.24) is 10.2 Å². The summed E-state index contributed by atoms with van der Waals surface area (Å²) in [6.07, 6.45) is 6.06. The van der Waals surface area contributed by atoms with Crippen molar-refractivity contribution in [2.45, 2.75) is 51.2 Å². The van der Waals surface area contributed by atoms with E-state index >= 15 is 0 Å². The van der Waals surface area contributed by atoms with Crippen molar-refractivity contribution in [3.8, 4) is 0 Å². The van der Waals surface area contributed by atoms with E-state index in [-0.39, 0.29) is 6.10 Å². The molecule has 4 nitrogen and oxygen atoms in total. The fourth-order valence-electron chi connectivity index (χ4n) is 3.20. The van der Waals surface area contributed by atoms with Crippen LogP contribution in [0.4, 0.5) is 0 Å². The summed E-state index contributed by atoms with van der Waals surface area (Å²) in [6.45, 7) is 7.51. The van der Waals surface area contributed by atoms with Gasteiger partial charge in [0, 0.05) is 11.6 Å². The van der Waals surface area contributed by atoms with E-state index in [1.165, 1.54) is 38.8 Å². The van der Waals surface area contributed by atoms with Crippen molar-refractivity contribution in [2.75, 3.05) is 39.3 Å². The molecule has 1 aliphatic heterocycles. The molecule has 2 atom stereocenters. The van der Waals surface area contributed by atoms with Gasteiger partial charge in [-0.15, -0.1) is 0 Å². The lowest BCUT2D eigenvalue weighted by Crippen LogP contribution is -2.33. The first kappa shape index (κ1) is 20.7. The third kappa shape index (κ3) is 8.52. The molecule has 0 aromatic heterocycles. The fraction of sp³-hybridized carbons (Fsp3) is 0.700. The first-order chi connectivity index (χ1) is 12.1. The van der Waals surface area contributed by atoms with Crippen LogP contribution in [0.2, 0.25) is 5.02 Å². The minimum atomic E-state index is -0.479. The highest BCUT2D eigenvalue weighted by molar-refractivity contribution is 6.30. The highest BCUT2D eigenvalue weighted by atomic mass is 35.5. The average Bonchev–Trinajstić information content (AvgIpc) is 2.89. The molecule has 25 heavy (non-hydrogen) atoms. The number of ether oxygens (including phenoxy) is 1. The smallest absolute Gasteiger partial charge is 0.0897 e. The van der Waals surface area contributed by atoms with Crippen molar-refractivity contribution >= 4 is 11.6 Å². The van der Waals surface area contributed by atoms with Crippen LogP contribution in [-0.2, 0) is 4.74 Å². The number of nitrogens with one attached hydrogen (secondary N) is 1. The van der Waals surface area contributed by atoms with Crippen molar-refractivity contribution in [2.24, 2.45) is 0 Å². The van der Waals surface area contributed by atoms with Crippen LogP contribution in [0.3, 0.4) is 0 Å². The van der Waals surface area contributed by atoms with Crippen LogP contribution in [0.25, 0.3) is 0 Å². The van der Waals surface area contributed by atoms with Gasteiger partial charge in [0.15, 0.2) is 0 Å². The van der Waals surface area contributed by atoms with Crippen molar-refractivity contribution in [1.29, 1.82) is 0 Å². The van der Waals surface area contributed by atoms with E-state index in [0.717, 1.165) is 30.1 Å². The molecule has 2 rings (SSSR count). The van der Waals surface area contributed by atoms with Gasteiger partial charge in [-0.05, 0) is 70.1 Å². The molecule has 0 spiro atoms. The Morgan fingerprint density at radius 3 is 2.52 bits per heavy atom. The second kappa shape index (κ2) is 11.9. The molecule has 0 saturated carbocycles. The van der Waals surface area contributed by atoms with Gasteiger partial charge in [-0.25, -0.2) is 0 Å². The third-order valence-electron chi connectivity index (χ3n) is 4.78. The van der Waals surface area contributed by atoms with Gasteiger partial charge in [0.1, 0.15) is 0 Å². The Morgan fingerprint density at radius 2 is 1.84 bits per heavy atom. The van der Waals surface area contributed by atoms with Crippen molar-refractivity contribution < 1.29 is 9.84 Å². The highest BCUT2D eigenvalue weighted by Gasteiger charge is 2.11. The Morgan fingerprint density at radius 1 is 1.16 bits per heavy atom. The second-order valence-corrected chi connectivity index (χ2v) is 7.43. The van der Waals surface area contributed by atoms with Crippen molar-refractivity contribution in [3.05, 3.63) is 34.9 Å². The molecule has 1 aromatic carbocycles. The van der Waals surface area contributed by atoms with Gasteiger partial charge in [-0.2, -0.15) is 0 Å². The topological polar surface area (TPSA) is 44.7 Å². The summed E-state index contributed by atoms with van der Waals surface area (Å²) < 4.78 is 5.75. The van der Waals surface area contributed by atoms with E-state index < -0.39 is 6.10 Å². The van der Waals surface area contributed by atoms with E-state index in [1.807, 2.05) is 31.2 Å². The van der Waals surface area contributed by atoms with E-state index in [4.69, 9.17) is 16.3 Å². The number of rotatable bonds is 10. The monoisotopic (exact) mass is 368 g/mol. The lowest BCUT2D eigenvalue weighted by atomic mass is 10.1. The second-order valence-electron chi connectivity index (χ2n) is 6.99. The first-order valence-corrected chi connectivity index (χ1v) is 10.0. The minimum Gasteiger partial charge on any atom is -0.389 e. The quantitative estimate of drug-likeness (QED) is 0.619. The van der Waals surface area contributed by atoms with Gasteiger partial charge in [0.2, 0.25) is 0 Å². The predicted octanol–water partition coefficient (Wildman–Crippen LogP) is 3.63. The summed E-state index contributed by atoms with van der Waals surface area (Å²) in [6, 6.07) is 7.64. The number of nitrogens with zero attached hydrogens (tertiary/aromatic N) is 1. The summed E-state index contributed by atoms with van der Waals surface area (Å²) in [4.78, 5) is 2.57. The summed E-state index contributed by atoms with van der Waals surface area (Å²) in [7, 11) is 0. The SMILES string of the molecule is C[C@H](OC[C@H](O)CNCCCN1CCCCCC1)c1ccc(Cl)cc1. The molecule has 0 radical (unpaired) electrons. The Bertz CT molecular complexity index is 461. The molecule has 1 saturated heterocycles. The fourth-order valence-corrected chi connectivity index (χ4v) is 3.33. The molecule has 1 fully saturated rings. The number of hydrogen-bond acceptors (Lipinski definition) is 4. The molecule has 5 heteroatoms. The van der Waals surface area contributed by atoms with Crippen LogP contribution < -0.4 is 5.32 Å². The largest absolute Gasteiger partial charge is 0.389 e. The lowest BCUT2D eigenvalue weighted by Gasteiger charge is -2.20. The van der Waals surface area contributed by atoms with Crippen LogP contribution in [0.1, 0.15) is 50.7 Å². The van der Waals surface area contributed by atoms with E-state index in [2.05, 4.69) is 10.2 Å². The number of hydrogen-bond donors (Lipinski definition) is 2. The normalized spacial score (nSPS) is 18.7. The van der Waals surface area contributed by atoms with Gasteiger partial charge < -0.3 is 20.1 Å². The van der Waals surface area contributed by atoms with E-state index in [0.29, 0.717) is 13.2 Å². The molecule has 2 N–H and O–H groups in total. The third-order valence-corrected chi connectivity index (χ3v) is 5.04. The standard InChI is InChI=1S/C20H33ClN2O2/c1-17(18-7-9-19(21)10-8-18)25-16-20(24)15-22-11-6-14-23-12-4-2-3-5-13-23/h7-10,17,20,22,24H,2-6,11-16H2,1H3/t17-,20+/m0/s1. The number of aliphatic hydroxyl groups excluding tert-OH is 1. The molecule has 142 valence electrons. The lowest BCUT2D eigenvalue weighted by molar-refractivity contribution is -0.00200. The zero-order valence-electron chi connectivity index (χ0n) is 15.4. The molecule has 0 amide bonds. The van der Waals surface area contributed by atoms with Crippen LogP contribution in [-0.4, -0.2) is 55.4 Å². The zero-order chi connectivity index (χ0) is 17.9. The summed E-state index contributed by atoms with van der Waals surface area (Å²) >= 11 is 5.89. The van der Waals surface area contributed by atoms with Gasteiger partial charge in [-0.3, -0.25) is 0 Å². The Kier molecular flexibility index (Phi) is 9.81. The maximum atomic E-state index is 10.1. The number of halogens is 1. The van der Waals surface area contributed by atoms with Gasteiger partial charge in [-0.1, -0.05) is 36.6 Å². The number of benzene rings is 1. The molecule has 0 bridgehead atoms. The zero-order valence-corrected chi connectivity index (χ0v) is 16.2. The molecule has 0 aliphatic carbocycles. The summed E-state index contributed by atoms with van der Waals surface area (Å²) in [5, 5.41) is 14.1. The molecule has 1 aliphatic rings. The van der Waals surface area contributed by atoms with Crippen LogP contribution in [0.5, 0.6) is 0 Å². The Hall–Kier alpha value is -0.650. The van der Waals surface area contributed by atoms with E-state index in [1.54, 1.807) is 0 Å². The van der Waals surface area contributed by atoms with E-state index in [9.17, 15) is 5.11 Å². The minimum absolute atomic E-state index is 0.0463. The van der Waals surface area contributed by atoms with Crippen LogP contribution in [0, 0.1) is 0 Å². The highest BCUT2D eigenvalue weighted by Crippen LogP contribution is 2.19. The maximum Gasteiger partial charge on any atom is 0.0897 e. The maximum absolute atomic E-state index is 10.1. The number of likely N-dealkylation sites (tertiary alicyclic amines) is 1. The molecule has 1 heterocycles. The predicted molar refractivity (Wildman–Crippen MR) is 104 cm³/mol. The summed E-state index contributed by atoms with van der Waals surface area (Å²) in [5.41, 5.74) is 1.07. The van der Waals surface area contributed by atoms with Crippen LogP contribution >= 0.6 is 11.6 Å². The van der Waals surface area contributed by atoms with Gasteiger partial charge >= 0.3 is 0 Å². The Labute approximate surface area is 157 Å².